The van der Waals surface area contributed by atoms with Crippen molar-refractivity contribution in [3.05, 3.63) is 54.4 Å². The fraction of sp³-hybridized carbons (Fsp3) is 0.350. The van der Waals surface area contributed by atoms with Crippen LogP contribution < -0.4 is 14.7 Å². The number of anilines is 1. The van der Waals surface area contributed by atoms with Gasteiger partial charge in [0.1, 0.15) is 11.4 Å². The lowest BCUT2D eigenvalue weighted by molar-refractivity contribution is -0.320. The van der Waals surface area contributed by atoms with Crippen molar-refractivity contribution >= 4 is 17.6 Å². The van der Waals surface area contributed by atoms with Crippen molar-refractivity contribution in [2.45, 2.75) is 19.4 Å². The summed E-state index contributed by atoms with van der Waals surface area (Å²) in [6, 6.07) is 10.7. The van der Waals surface area contributed by atoms with Crippen molar-refractivity contribution in [2.75, 3.05) is 31.1 Å². The van der Waals surface area contributed by atoms with Crippen molar-refractivity contribution in [1.82, 2.24) is 9.88 Å². The average molecular weight is 368 g/mol. The Morgan fingerprint density at radius 3 is 2.37 bits per heavy atom. The highest BCUT2D eigenvalue weighted by Gasteiger charge is 2.24. The lowest BCUT2D eigenvalue weighted by atomic mass is 10.1. The van der Waals surface area contributed by atoms with E-state index in [0.717, 1.165) is 5.69 Å². The summed E-state index contributed by atoms with van der Waals surface area (Å²) in [7, 11) is 0. The fourth-order valence-corrected chi connectivity index (χ4v) is 2.92. The number of piperazine rings is 1. The van der Waals surface area contributed by atoms with Gasteiger partial charge in [-0.25, -0.2) is 0 Å². The molecule has 0 aliphatic carbocycles. The van der Waals surface area contributed by atoms with Gasteiger partial charge < -0.3 is 24.4 Å². The number of carboxylic acid groups (broad SMARTS) is 1. The van der Waals surface area contributed by atoms with Gasteiger partial charge in [-0.1, -0.05) is 6.07 Å². The number of hydrogen-bond donors (Lipinski definition) is 0. The van der Waals surface area contributed by atoms with E-state index < -0.39 is 11.6 Å². The van der Waals surface area contributed by atoms with E-state index in [9.17, 15) is 14.7 Å². The predicted octanol–water partition coefficient (Wildman–Crippen LogP) is 0.951. The van der Waals surface area contributed by atoms with E-state index in [4.69, 9.17) is 4.74 Å². The first-order chi connectivity index (χ1) is 12.9. The Kier molecular flexibility index (Phi) is 5.30. The highest BCUT2D eigenvalue weighted by molar-refractivity contribution is 5.94. The lowest BCUT2D eigenvalue weighted by Gasteiger charge is -2.36. The van der Waals surface area contributed by atoms with Crippen molar-refractivity contribution in [1.29, 1.82) is 0 Å². The molecule has 1 aliphatic heterocycles. The van der Waals surface area contributed by atoms with E-state index in [-0.39, 0.29) is 5.91 Å². The van der Waals surface area contributed by atoms with Crippen LogP contribution in [0, 0.1) is 0 Å². The molecular formula is C20H22N3O4-. The monoisotopic (exact) mass is 368 g/mol. The summed E-state index contributed by atoms with van der Waals surface area (Å²) < 4.78 is 5.55. The van der Waals surface area contributed by atoms with Crippen LogP contribution in [0.3, 0.4) is 0 Å². The van der Waals surface area contributed by atoms with Crippen LogP contribution in [0.25, 0.3) is 0 Å². The van der Waals surface area contributed by atoms with Crippen molar-refractivity contribution in [2.24, 2.45) is 0 Å². The number of nitrogens with zero attached hydrogens (tertiary/aromatic N) is 3. The number of carbonyl (C=O) groups is 2. The number of aromatic nitrogens is 1. The summed E-state index contributed by atoms with van der Waals surface area (Å²) >= 11 is 0. The number of rotatable bonds is 5. The maximum atomic E-state index is 12.5. The second-order valence-corrected chi connectivity index (χ2v) is 6.91. The van der Waals surface area contributed by atoms with Crippen LogP contribution in [0.2, 0.25) is 0 Å². The van der Waals surface area contributed by atoms with Crippen molar-refractivity contribution < 1.29 is 19.4 Å². The molecule has 0 N–H and O–H groups in total. The number of ether oxygens (including phenoxy) is 1. The van der Waals surface area contributed by atoms with Gasteiger partial charge in [0.25, 0.3) is 5.91 Å². The molecule has 0 radical (unpaired) electrons. The quantitative estimate of drug-likeness (QED) is 0.781. The molecular weight excluding hydrogens is 346 g/mol. The third-order valence-electron chi connectivity index (χ3n) is 4.54. The zero-order chi connectivity index (χ0) is 19.4. The molecule has 0 saturated carbocycles. The highest BCUT2D eigenvalue weighted by atomic mass is 16.5. The molecule has 1 aliphatic rings. The smallest absolute Gasteiger partial charge is 0.254 e. The van der Waals surface area contributed by atoms with E-state index in [1.165, 1.54) is 13.8 Å². The number of hydrogen-bond acceptors (Lipinski definition) is 6. The topological polar surface area (TPSA) is 85.8 Å². The Balaban J connectivity index is 1.64. The highest BCUT2D eigenvalue weighted by Crippen LogP contribution is 2.25. The first-order valence-corrected chi connectivity index (χ1v) is 8.81. The molecule has 1 aromatic carbocycles. The minimum Gasteiger partial charge on any atom is -0.546 e. The van der Waals surface area contributed by atoms with Gasteiger partial charge in [0.2, 0.25) is 0 Å². The normalized spacial score (nSPS) is 14.7. The molecule has 7 nitrogen and oxygen atoms in total. The molecule has 3 rings (SSSR count). The number of amides is 1. The molecule has 0 unspecified atom stereocenters. The molecule has 1 saturated heterocycles. The van der Waals surface area contributed by atoms with Gasteiger partial charge in [0.15, 0.2) is 0 Å². The molecule has 1 aromatic heterocycles. The van der Waals surface area contributed by atoms with Crippen LogP contribution in [0.4, 0.5) is 5.69 Å². The number of carbonyl (C=O) groups excluding carboxylic acids is 2. The molecule has 0 bridgehead atoms. The second kappa shape index (κ2) is 7.65. The standard InChI is InChI=1S/C20H23N3O4/c1-20(2,19(25)26)27-17-5-3-4-16(14-17)22-10-12-23(13-11-22)18(24)15-6-8-21-9-7-15/h3-9,14H,10-13H2,1-2H3,(H,25,26)/p-1. The maximum absolute atomic E-state index is 12.5. The molecule has 1 amide bonds. The predicted molar refractivity (Wildman–Crippen MR) is 98.5 cm³/mol. The molecule has 0 atom stereocenters. The molecule has 27 heavy (non-hydrogen) atoms. The van der Waals surface area contributed by atoms with Crippen LogP contribution >= 0.6 is 0 Å². The van der Waals surface area contributed by atoms with Gasteiger partial charge in [0, 0.05) is 55.9 Å². The maximum Gasteiger partial charge on any atom is 0.254 e. The summed E-state index contributed by atoms with van der Waals surface area (Å²) in [6.07, 6.45) is 3.23. The Bertz CT molecular complexity index is 815. The molecule has 142 valence electrons. The van der Waals surface area contributed by atoms with Gasteiger partial charge >= 0.3 is 0 Å². The Morgan fingerprint density at radius 1 is 1.07 bits per heavy atom. The van der Waals surface area contributed by atoms with Crippen LogP contribution in [0.15, 0.2) is 48.8 Å². The lowest BCUT2D eigenvalue weighted by Crippen LogP contribution is -2.49. The fourth-order valence-electron chi connectivity index (χ4n) is 2.92. The summed E-state index contributed by atoms with van der Waals surface area (Å²) in [5.41, 5.74) is 0.157. The average Bonchev–Trinajstić information content (AvgIpc) is 2.68. The van der Waals surface area contributed by atoms with Gasteiger partial charge in [-0.2, -0.15) is 0 Å². The molecule has 1 fully saturated rings. The SMILES string of the molecule is CC(C)(Oc1cccc(N2CCN(C(=O)c3ccncc3)CC2)c1)C(=O)[O-]. The van der Waals surface area contributed by atoms with Crippen molar-refractivity contribution in [3.8, 4) is 5.75 Å². The van der Waals surface area contributed by atoms with E-state index in [2.05, 4.69) is 9.88 Å². The van der Waals surface area contributed by atoms with Crippen LogP contribution in [0.5, 0.6) is 5.75 Å². The van der Waals surface area contributed by atoms with E-state index in [0.29, 0.717) is 37.5 Å². The Morgan fingerprint density at radius 2 is 1.74 bits per heavy atom. The van der Waals surface area contributed by atoms with E-state index in [1.54, 1.807) is 30.6 Å². The first-order valence-electron chi connectivity index (χ1n) is 8.81. The summed E-state index contributed by atoms with van der Waals surface area (Å²) in [6.45, 7) is 5.50. The largest absolute Gasteiger partial charge is 0.546 e. The number of benzene rings is 1. The van der Waals surface area contributed by atoms with Crippen LogP contribution in [0.1, 0.15) is 24.2 Å². The minimum absolute atomic E-state index is 0.00448. The van der Waals surface area contributed by atoms with E-state index >= 15 is 0 Å². The zero-order valence-electron chi connectivity index (χ0n) is 15.4. The molecule has 2 aromatic rings. The first kappa shape index (κ1) is 18.7. The third kappa shape index (κ3) is 4.36. The van der Waals surface area contributed by atoms with Gasteiger partial charge in [-0.05, 0) is 38.1 Å². The van der Waals surface area contributed by atoms with Crippen LogP contribution in [-0.4, -0.2) is 53.5 Å². The van der Waals surface area contributed by atoms with Crippen molar-refractivity contribution in [3.63, 3.8) is 0 Å². The van der Waals surface area contributed by atoms with Crippen LogP contribution in [-0.2, 0) is 4.79 Å². The molecule has 2 heterocycles. The molecule has 0 spiro atoms. The van der Waals surface area contributed by atoms with Gasteiger partial charge in [-0.15, -0.1) is 0 Å². The molecule has 7 heteroatoms. The zero-order valence-corrected chi connectivity index (χ0v) is 15.4. The Labute approximate surface area is 158 Å². The number of carboxylic acids is 1. The summed E-state index contributed by atoms with van der Waals surface area (Å²) in [5.74, 6) is -0.794. The third-order valence-corrected chi connectivity index (χ3v) is 4.54. The van der Waals surface area contributed by atoms with E-state index in [1.807, 2.05) is 23.1 Å². The Hall–Kier alpha value is -3.09. The summed E-state index contributed by atoms with van der Waals surface area (Å²) in [5, 5.41) is 11.1. The summed E-state index contributed by atoms with van der Waals surface area (Å²) in [4.78, 5) is 31.6. The number of aliphatic carboxylic acids is 1. The minimum atomic E-state index is -1.41. The second-order valence-electron chi connectivity index (χ2n) is 6.91. The van der Waals surface area contributed by atoms with Gasteiger partial charge in [0.05, 0.1) is 5.97 Å². The van der Waals surface area contributed by atoms with Gasteiger partial charge in [-0.3, -0.25) is 9.78 Å². The number of pyridine rings is 1.